The third-order valence-electron chi connectivity index (χ3n) is 4.61. The summed E-state index contributed by atoms with van der Waals surface area (Å²) in [7, 11) is 1.57. The number of thiazole rings is 1. The van der Waals surface area contributed by atoms with Gasteiger partial charge in [0.2, 0.25) is 0 Å². The number of methoxy groups -OCH3 is 1. The Bertz CT molecular complexity index is 1230. The second-order valence-electron chi connectivity index (χ2n) is 6.51. The summed E-state index contributed by atoms with van der Waals surface area (Å²) in [4.78, 5) is 43.1. The second kappa shape index (κ2) is 8.31. The smallest absolute Gasteiger partial charge is 0.268 e. The van der Waals surface area contributed by atoms with Crippen LogP contribution >= 0.6 is 34.5 Å². The highest BCUT2D eigenvalue weighted by molar-refractivity contribution is 7.16. The Morgan fingerprint density at radius 3 is 2.43 bits per heavy atom. The number of hydrogen-bond acceptors (Lipinski definition) is 5. The van der Waals surface area contributed by atoms with Crippen LogP contribution in [0.15, 0.2) is 41.4 Å². The van der Waals surface area contributed by atoms with E-state index in [2.05, 4.69) is 4.99 Å². The number of benzene rings is 2. The van der Waals surface area contributed by atoms with Crippen LogP contribution in [-0.2, 0) is 16.1 Å². The number of fused-ring (bicyclic) bond motifs is 2. The molecule has 0 spiro atoms. The van der Waals surface area contributed by atoms with Crippen LogP contribution in [0.5, 0.6) is 0 Å². The van der Waals surface area contributed by atoms with Crippen LogP contribution in [0.3, 0.4) is 0 Å². The number of rotatable bonds is 5. The van der Waals surface area contributed by atoms with E-state index in [9.17, 15) is 14.4 Å². The molecule has 0 saturated heterocycles. The molecule has 1 aliphatic heterocycles. The Morgan fingerprint density at radius 2 is 1.80 bits per heavy atom. The molecule has 0 bridgehead atoms. The van der Waals surface area contributed by atoms with Crippen LogP contribution in [0.4, 0.5) is 0 Å². The van der Waals surface area contributed by atoms with Gasteiger partial charge in [0, 0.05) is 18.7 Å². The Labute approximate surface area is 185 Å². The van der Waals surface area contributed by atoms with Crippen molar-refractivity contribution in [2.75, 3.05) is 20.3 Å². The zero-order valence-electron chi connectivity index (χ0n) is 15.7. The minimum Gasteiger partial charge on any atom is -0.383 e. The van der Waals surface area contributed by atoms with Crippen LogP contribution in [-0.4, -0.2) is 47.4 Å². The van der Waals surface area contributed by atoms with E-state index in [1.807, 2.05) is 0 Å². The van der Waals surface area contributed by atoms with Gasteiger partial charge in [0.05, 0.1) is 33.0 Å². The molecular formula is C20H15Cl2N3O4S. The maximum Gasteiger partial charge on any atom is 0.268 e. The van der Waals surface area contributed by atoms with E-state index >= 15 is 0 Å². The fourth-order valence-electron chi connectivity index (χ4n) is 3.26. The molecule has 0 aliphatic carbocycles. The molecule has 0 atom stereocenters. The number of amides is 3. The molecule has 1 aromatic heterocycles. The summed E-state index contributed by atoms with van der Waals surface area (Å²) in [6, 6.07) is 9.83. The number of carbonyl (C=O) groups excluding carboxylic acids is 3. The van der Waals surface area contributed by atoms with E-state index in [0.717, 1.165) is 9.60 Å². The molecular weight excluding hydrogens is 449 g/mol. The average Bonchev–Trinajstić information content (AvgIpc) is 3.16. The summed E-state index contributed by atoms with van der Waals surface area (Å²) < 4.78 is 7.68. The van der Waals surface area contributed by atoms with Crippen LogP contribution in [0.25, 0.3) is 10.2 Å². The van der Waals surface area contributed by atoms with Crippen molar-refractivity contribution in [3.8, 4) is 0 Å². The summed E-state index contributed by atoms with van der Waals surface area (Å²) in [5.74, 6) is -1.63. The highest BCUT2D eigenvalue weighted by atomic mass is 35.5. The fourth-order valence-corrected chi connectivity index (χ4v) is 5.12. The van der Waals surface area contributed by atoms with Crippen LogP contribution < -0.4 is 4.80 Å². The van der Waals surface area contributed by atoms with Gasteiger partial charge in [0.1, 0.15) is 6.54 Å². The quantitative estimate of drug-likeness (QED) is 0.543. The maximum atomic E-state index is 12.7. The van der Waals surface area contributed by atoms with Gasteiger partial charge < -0.3 is 9.30 Å². The van der Waals surface area contributed by atoms with Crippen molar-refractivity contribution < 1.29 is 19.1 Å². The van der Waals surface area contributed by atoms with Gasteiger partial charge in [-0.25, -0.2) is 0 Å². The number of aromatic nitrogens is 1. The van der Waals surface area contributed by atoms with Crippen molar-refractivity contribution in [1.29, 1.82) is 0 Å². The first-order valence-corrected chi connectivity index (χ1v) is 10.5. The molecule has 3 aromatic rings. The van der Waals surface area contributed by atoms with Crippen molar-refractivity contribution in [2.24, 2.45) is 4.99 Å². The lowest BCUT2D eigenvalue weighted by molar-refractivity contribution is -0.118. The molecule has 0 unspecified atom stereocenters. The van der Waals surface area contributed by atoms with Gasteiger partial charge in [-0.3, -0.25) is 19.3 Å². The van der Waals surface area contributed by atoms with Gasteiger partial charge in [-0.15, -0.1) is 0 Å². The van der Waals surface area contributed by atoms with Gasteiger partial charge in [0.15, 0.2) is 4.80 Å². The summed E-state index contributed by atoms with van der Waals surface area (Å²) in [6.45, 7) is 0.348. The number of hydrogen-bond donors (Lipinski definition) is 0. The van der Waals surface area contributed by atoms with Crippen molar-refractivity contribution in [3.05, 3.63) is 62.4 Å². The molecule has 30 heavy (non-hydrogen) atoms. The van der Waals surface area contributed by atoms with E-state index in [-0.39, 0.29) is 11.1 Å². The van der Waals surface area contributed by atoms with Gasteiger partial charge in [-0.2, -0.15) is 4.99 Å². The molecule has 0 N–H and O–H groups in total. The first-order valence-electron chi connectivity index (χ1n) is 8.91. The summed E-state index contributed by atoms with van der Waals surface area (Å²) in [5, 5.41) is 0.899. The molecule has 4 rings (SSSR count). The van der Waals surface area contributed by atoms with Gasteiger partial charge >= 0.3 is 0 Å². The van der Waals surface area contributed by atoms with Gasteiger partial charge in [-0.1, -0.05) is 46.7 Å². The van der Waals surface area contributed by atoms with E-state index in [0.29, 0.717) is 33.5 Å². The van der Waals surface area contributed by atoms with E-state index in [4.69, 9.17) is 27.9 Å². The Morgan fingerprint density at radius 1 is 1.13 bits per heavy atom. The third-order valence-corrected chi connectivity index (χ3v) is 6.14. The van der Waals surface area contributed by atoms with E-state index in [1.165, 1.54) is 11.3 Å². The van der Waals surface area contributed by atoms with Crippen molar-refractivity contribution in [3.63, 3.8) is 0 Å². The number of ether oxygens (including phenoxy) is 1. The third kappa shape index (κ3) is 3.67. The first-order chi connectivity index (χ1) is 14.4. The van der Waals surface area contributed by atoms with Crippen molar-refractivity contribution in [1.82, 2.24) is 9.47 Å². The first kappa shape index (κ1) is 20.7. The lowest BCUT2D eigenvalue weighted by atomic mass is 10.1. The van der Waals surface area contributed by atoms with E-state index in [1.54, 1.807) is 48.1 Å². The highest BCUT2D eigenvalue weighted by Gasteiger charge is 2.36. The molecule has 1 aliphatic rings. The van der Waals surface area contributed by atoms with Crippen LogP contribution in [0.2, 0.25) is 10.0 Å². The number of halogens is 2. The minimum atomic E-state index is -0.621. The predicted octanol–water partition coefficient (Wildman–Crippen LogP) is 3.38. The van der Waals surface area contributed by atoms with Crippen LogP contribution in [0, 0.1) is 0 Å². The lowest BCUT2D eigenvalue weighted by Crippen LogP contribution is -2.35. The van der Waals surface area contributed by atoms with Gasteiger partial charge in [0.25, 0.3) is 17.7 Å². The van der Waals surface area contributed by atoms with Crippen molar-refractivity contribution in [2.45, 2.75) is 6.54 Å². The normalized spacial score (nSPS) is 14.1. The lowest BCUT2D eigenvalue weighted by Gasteiger charge is -2.10. The molecule has 3 amide bonds. The molecule has 2 heterocycles. The molecule has 10 heteroatoms. The number of carbonyl (C=O) groups is 3. The maximum absolute atomic E-state index is 12.7. The zero-order chi connectivity index (χ0) is 21.4. The predicted molar refractivity (Wildman–Crippen MR) is 114 cm³/mol. The molecule has 0 radical (unpaired) electrons. The molecule has 0 fully saturated rings. The van der Waals surface area contributed by atoms with Crippen LogP contribution in [0.1, 0.15) is 20.7 Å². The van der Waals surface area contributed by atoms with Gasteiger partial charge in [-0.05, 0) is 24.3 Å². The number of nitrogens with zero attached hydrogens (tertiary/aromatic N) is 3. The summed E-state index contributed by atoms with van der Waals surface area (Å²) >= 11 is 13.7. The van der Waals surface area contributed by atoms with Crippen molar-refractivity contribution >= 4 is 62.5 Å². The SMILES string of the molecule is COCCn1c(=NC(=O)CN2C(=O)c3ccccc3C2=O)sc2cc(Cl)cc(Cl)c21. The summed E-state index contributed by atoms with van der Waals surface area (Å²) in [6.07, 6.45) is 0. The minimum absolute atomic E-state index is 0.286. The molecule has 2 aromatic carbocycles. The largest absolute Gasteiger partial charge is 0.383 e. The topological polar surface area (TPSA) is 81.0 Å². The molecule has 0 saturated carbocycles. The Balaban J connectivity index is 1.69. The fraction of sp³-hybridized carbons (Fsp3) is 0.200. The van der Waals surface area contributed by atoms with E-state index < -0.39 is 24.3 Å². The monoisotopic (exact) mass is 463 g/mol. The Kier molecular flexibility index (Phi) is 5.75. The zero-order valence-corrected chi connectivity index (χ0v) is 18.1. The Hall–Kier alpha value is -2.52. The number of imide groups is 1. The average molecular weight is 464 g/mol. The highest BCUT2D eigenvalue weighted by Crippen LogP contribution is 2.29. The second-order valence-corrected chi connectivity index (χ2v) is 8.36. The standard InChI is InChI=1S/C20H15Cl2N3O4S/c1-29-7-6-24-17-14(22)8-11(21)9-15(17)30-20(24)23-16(26)10-25-18(27)12-4-2-3-5-13(12)19(25)28/h2-5,8-9H,6-7,10H2,1H3. The summed E-state index contributed by atoms with van der Waals surface area (Å²) in [5.41, 5.74) is 1.26. The molecule has 7 nitrogen and oxygen atoms in total. The molecule has 154 valence electrons.